The minimum Gasteiger partial charge on any atom is -0.490 e. The number of nitrogens with zero attached hydrogens (tertiary/aromatic N) is 1. The Labute approximate surface area is 133 Å². The minimum absolute atomic E-state index is 0.0775. The molecule has 0 aliphatic rings. The van der Waals surface area contributed by atoms with Gasteiger partial charge in [-0.15, -0.1) is 0 Å². The number of amides is 1. The van der Waals surface area contributed by atoms with Crippen LogP contribution in [0.15, 0.2) is 18.2 Å². The van der Waals surface area contributed by atoms with E-state index in [4.69, 9.17) is 9.47 Å². The number of rotatable bonds is 10. The second-order valence-corrected chi connectivity index (χ2v) is 5.30. The smallest absolute Gasteiger partial charge is 0.220 e. The maximum absolute atomic E-state index is 11.8. The van der Waals surface area contributed by atoms with E-state index in [2.05, 4.69) is 5.32 Å². The van der Waals surface area contributed by atoms with E-state index in [1.807, 2.05) is 51.0 Å². The van der Waals surface area contributed by atoms with Crippen LogP contribution in [0.2, 0.25) is 0 Å². The molecule has 1 aromatic rings. The lowest BCUT2D eigenvalue weighted by Gasteiger charge is -2.13. The fraction of sp³-hybridized carbons (Fsp3) is 0.588. The fourth-order valence-corrected chi connectivity index (χ4v) is 2.02. The van der Waals surface area contributed by atoms with E-state index in [9.17, 15) is 4.79 Å². The van der Waals surface area contributed by atoms with Gasteiger partial charge in [-0.2, -0.15) is 0 Å². The van der Waals surface area contributed by atoms with Crippen LogP contribution in [-0.4, -0.2) is 51.2 Å². The number of benzene rings is 1. The van der Waals surface area contributed by atoms with Gasteiger partial charge in [0.15, 0.2) is 11.5 Å². The number of carbonyl (C=O) groups excluding carboxylic acids is 1. The molecule has 0 radical (unpaired) electrons. The number of carbonyl (C=O) groups is 1. The van der Waals surface area contributed by atoms with Gasteiger partial charge >= 0.3 is 0 Å². The predicted molar refractivity (Wildman–Crippen MR) is 88.7 cm³/mol. The highest BCUT2D eigenvalue weighted by molar-refractivity contribution is 5.76. The molecule has 1 aromatic carbocycles. The summed E-state index contributed by atoms with van der Waals surface area (Å²) in [6.45, 7) is 6.62. The van der Waals surface area contributed by atoms with Crippen molar-refractivity contribution in [2.24, 2.45) is 0 Å². The van der Waals surface area contributed by atoms with Crippen LogP contribution in [-0.2, 0) is 11.2 Å². The topological polar surface area (TPSA) is 50.8 Å². The number of hydrogen-bond acceptors (Lipinski definition) is 4. The first-order valence-corrected chi connectivity index (χ1v) is 7.86. The maximum atomic E-state index is 11.8. The van der Waals surface area contributed by atoms with Crippen molar-refractivity contribution in [2.45, 2.75) is 26.7 Å². The zero-order valence-electron chi connectivity index (χ0n) is 14.1. The van der Waals surface area contributed by atoms with E-state index in [-0.39, 0.29) is 5.91 Å². The lowest BCUT2D eigenvalue weighted by atomic mass is 10.1. The van der Waals surface area contributed by atoms with Gasteiger partial charge in [-0.1, -0.05) is 6.07 Å². The number of ether oxygens (including phenoxy) is 2. The Morgan fingerprint density at radius 1 is 1.14 bits per heavy atom. The average molecular weight is 308 g/mol. The Hall–Kier alpha value is -1.75. The Kier molecular flexibility index (Phi) is 8.36. The monoisotopic (exact) mass is 308 g/mol. The van der Waals surface area contributed by atoms with E-state index in [1.165, 1.54) is 0 Å². The number of likely N-dealkylation sites (N-methyl/N-ethyl adjacent to an activating group) is 1. The van der Waals surface area contributed by atoms with Gasteiger partial charge in [0, 0.05) is 19.5 Å². The predicted octanol–water partition coefficient (Wildman–Crippen LogP) is 2.09. The van der Waals surface area contributed by atoms with Crippen LogP contribution in [0.5, 0.6) is 11.5 Å². The molecule has 5 heteroatoms. The normalized spacial score (nSPS) is 10.6. The maximum Gasteiger partial charge on any atom is 0.220 e. The zero-order valence-corrected chi connectivity index (χ0v) is 14.1. The van der Waals surface area contributed by atoms with Crippen LogP contribution >= 0.6 is 0 Å². The quantitative estimate of drug-likeness (QED) is 0.719. The van der Waals surface area contributed by atoms with Crippen LogP contribution in [0.25, 0.3) is 0 Å². The van der Waals surface area contributed by atoms with Crippen molar-refractivity contribution in [1.82, 2.24) is 10.2 Å². The molecule has 0 atom stereocenters. The van der Waals surface area contributed by atoms with Crippen molar-refractivity contribution in [2.75, 3.05) is 40.4 Å². The Balaban J connectivity index is 2.51. The highest BCUT2D eigenvalue weighted by atomic mass is 16.5. The molecule has 0 saturated heterocycles. The van der Waals surface area contributed by atoms with Crippen LogP contribution < -0.4 is 14.8 Å². The Morgan fingerprint density at radius 3 is 2.45 bits per heavy atom. The van der Waals surface area contributed by atoms with Crippen molar-refractivity contribution in [3.05, 3.63) is 23.8 Å². The molecule has 22 heavy (non-hydrogen) atoms. The van der Waals surface area contributed by atoms with Gasteiger partial charge in [-0.3, -0.25) is 4.79 Å². The molecule has 1 rings (SSSR count). The van der Waals surface area contributed by atoms with E-state index >= 15 is 0 Å². The fourth-order valence-electron chi connectivity index (χ4n) is 2.02. The van der Waals surface area contributed by atoms with E-state index < -0.39 is 0 Å². The molecule has 0 aliphatic carbocycles. The summed E-state index contributed by atoms with van der Waals surface area (Å²) in [7, 11) is 3.97. The van der Waals surface area contributed by atoms with Gasteiger partial charge in [0.1, 0.15) is 0 Å². The van der Waals surface area contributed by atoms with Crippen LogP contribution in [0, 0.1) is 0 Å². The van der Waals surface area contributed by atoms with Gasteiger partial charge in [-0.25, -0.2) is 0 Å². The largest absolute Gasteiger partial charge is 0.490 e. The molecular weight excluding hydrogens is 280 g/mol. The van der Waals surface area contributed by atoms with Gasteiger partial charge in [0.05, 0.1) is 13.2 Å². The van der Waals surface area contributed by atoms with Crippen molar-refractivity contribution < 1.29 is 14.3 Å². The average Bonchev–Trinajstić information content (AvgIpc) is 2.47. The SMILES string of the molecule is CCOc1ccc(CCC(=O)NCCN(C)C)cc1OCC. The summed E-state index contributed by atoms with van der Waals surface area (Å²) < 4.78 is 11.1. The van der Waals surface area contributed by atoms with Crippen molar-refractivity contribution in [1.29, 1.82) is 0 Å². The highest BCUT2D eigenvalue weighted by Gasteiger charge is 2.08. The standard InChI is InChI=1S/C17H28N2O3/c1-5-21-15-9-7-14(13-16(15)22-6-2)8-10-17(20)18-11-12-19(3)4/h7,9,13H,5-6,8,10-12H2,1-4H3,(H,18,20). The summed E-state index contributed by atoms with van der Waals surface area (Å²) in [6, 6.07) is 5.86. The first kappa shape index (κ1) is 18.3. The Morgan fingerprint density at radius 2 is 1.82 bits per heavy atom. The molecule has 0 unspecified atom stereocenters. The Bertz CT molecular complexity index is 461. The minimum atomic E-state index is 0.0775. The van der Waals surface area contributed by atoms with Gasteiger partial charge < -0.3 is 19.7 Å². The summed E-state index contributed by atoms with van der Waals surface area (Å²) in [5.41, 5.74) is 1.08. The molecule has 0 bridgehead atoms. The highest BCUT2D eigenvalue weighted by Crippen LogP contribution is 2.28. The molecule has 0 fully saturated rings. The van der Waals surface area contributed by atoms with E-state index in [0.29, 0.717) is 32.6 Å². The molecule has 0 heterocycles. The first-order chi connectivity index (χ1) is 10.6. The summed E-state index contributed by atoms with van der Waals surface area (Å²) in [5.74, 6) is 1.58. The van der Waals surface area contributed by atoms with Gasteiger partial charge in [-0.05, 0) is 52.1 Å². The van der Waals surface area contributed by atoms with E-state index in [0.717, 1.165) is 23.6 Å². The van der Waals surface area contributed by atoms with E-state index in [1.54, 1.807) is 0 Å². The lowest BCUT2D eigenvalue weighted by molar-refractivity contribution is -0.121. The second kappa shape index (κ2) is 10.1. The number of hydrogen-bond donors (Lipinski definition) is 1. The number of nitrogens with one attached hydrogen (secondary N) is 1. The van der Waals surface area contributed by atoms with Crippen LogP contribution in [0.3, 0.4) is 0 Å². The van der Waals surface area contributed by atoms with Crippen molar-refractivity contribution >= 4 is 5.91 Å². The molecule has 5 nitrogen and oxygen atoms in total. The summed E-state index contributed by atoms with van der Waals surface area (Å²) in [5, 5.41) is 2.92. The third-order valence-corrected chi connectivity index (χ3v) is 3.13. The second-order valence-electron chi connectivity index (χ2n) is 5.30. The van der Waals surface area contributed by atoms with Gasteiger partial charge in [0.2, 0.25) is 5.91 Å². The molecule has 0 spiro atoms. The molecular formula is C17H28N2O3. The van der Waals surface area contributed by atoms with Crippen LogP contribution in [0.1, 0.15) is 25.8 Å². The van der Waals surface area contributed by atoms with Gasteiger partial charge in [0.25, 0.3) is 0 Å². The molecule has 1 amide bonds. The van der Waals surface area contributed by atoms with Crippen molar-refractivity contribution in [3.8, 4) is 11.5 Å². The third-order valence-electron chi connectivity index (χ3n) is 3.13. The summed E-state index contributed by atoms with van der Waals surface area (Å²) in [6.07, 6.45) is 1.17. The summed E-state index contributed by atoms with van der Waals surface area (Å²) >= 11 is 0. The van der Waals surface area contributed by atoms with Crippen molar-refractivity contribution in [3.63, 3.8) is 0 Å². The lowest BCUT2D eigenvalue weighted by Crippen LogP contribution is -2.31. The molecule has 1 N–H and O–H groups in total. The zero-order chi connectivity index (χ0) is 16.4. The third kappa shape index (κ3) is 6.80. The van der Waals surface area contributed by atoms with Crippen LogP contribution in [0.4, 0.5) is 0 Å². The molecule has 124 valence electrons. The first-order valence-electron chi connectivity index (χ1n) is 7.86. The molecule has 0 saturated carbocycles. The molecule has 0 aliphatic heterocycles. The molecule has 0 aromatic heterocycles. The number of aryl methyl sites for hydroxylation is 1. The summed E-state index contributed by atoms with van der Waals surface area (Å²) in [4.78, 5) is 13.8.